The molecule has 0 radical (unpaired) electrons. The third-order valence-corrected chi connectivity index (χ3v) is 4.77. The average Bonchev–Trinajstić information content (AvgIpc) is 2.72. The van der Waals surface area contributed by atoms with Gasteiger partial charge in [-0.3, -0.25) is 4.90 Å². The van der Waals surface area contributed by atoms with E-state index in [1.807, 2.05) is 0 Å². The van der Waals surface area contributed by atoms with Crippen LogP contribution in [-0.2, 0) is 11.2 Å². The minimum atomic E-state index is 0.350. The van der Waals surface area contributed by atoms with Crippen LogP contribution in [0.5, 0.6) is 0 Å². The summed E-state index contributed by atoms with van der Waals surface area (Å²) in [6.45, 7) is 8.66. The highest BCUT2D eigenvalue weighted by Gasteiger charge is 2.36. The number of benzene rings is 1. The molecule has 0 spiro atoms. The molecule has 1 aliphatic heterocycles. The van der Waals surface area contributed by atoms with Crippen molar-refractivity contribution >= 4 is 0 Å². The molecule has 3 rings (SSSR count). The molecule has 1 fully saturated rings. The van der Waals surface area contributed by atoms with Gasteiger partial charge in [0.15, 0.2) is 0 Å². The quantitative estimate of drug-likeness (QED) is 0.922. The van der Waals surface area contributed by atoms with E-state index in [-0.39, 0.29) is 0 Å². The molecule has 21 heavy (non-hydrogen) atoms. The maximum absolute atomic E-state index is 5.82. The molecule has 1 N–H and O–H groups in total. The lowest BCUT2D eigenvalue weighted by Gasteiger charge is -2.33. The Morgan fingerprint density at radius 1 is 1.33 bits per heavy atom. The summed E-state index contributed by atoms with van der Waals surface area (Å²) < 4.78 is 5.82. The molecule has 1 heterocycles. The van der Waals surface area contributed by atoms with Gasteiger partial charge in [0.1, 0.15) is 0 Å². The average molecular weight is 288 g/mol. The number of ether oxygens (including phenoxy) is 1. The van der Waals surface area contributed by atoms with E-state index in [2.05, 4.69) is 48.3 Å². The first-order valence-electron chi connectivity index (χ1n) is 8.46. The van der Waals surface area contributed by atoms with Crippen molar-refractivity contribution in [2.75, 3.05) is 26.2 Å². The summed E-state index contributed by atoms with van der Waals surface area (Å²) in [6.07, 6.45) is 3.86. The van der Waals surface area contributed by atoms with E-state index in [0.29, 0.717) is 18.2 Å². The normalized spacial score (nSPS) is 30.1. The van der Waals surface area contributed by atoms with Gasteiger partial charge in [0.25, 0.3) is 0 Å². The van der Waals surface area contributed by atoms with Gasteiger partial charge in [-0.2, -0.15) is 0 Å². The van der Waals surface area contributed by atoms with Crippen LogP contribution in [-0.4, -0.2) is 43.3 Å². The summed E-state index contributed by atoms with van der Waals surface area (Å²) in [5.41, 5.74) is 3.03. The van der Waals surface area contributed by atoms with Gasteiger partial charge < -0.3 is 10.1 Å². The van der Waals surface area contributed by atoms with E-state index < -0.39 is 0 Å². The predicted molar refractivity (Wildman–Crippen MR) is 86.6 cm³/mol. The van der Waals surface area contributed by atoms with Crippen molar-refractivity contribution in [2.24, 2.45) is 0 Å². The Labute approximate surface area is 128 Å². The van der Waals surface area contributed by atoms with Gasteiger partial charge in [0.05, 0.1) is 6.10 Å². The first-order valence-corrected chi connectivity index (χ1v) is 8.46. The summed E-state index contributed by atoms with van der Waals surface area (Å²) in [5, 5.41) is 3.79. The highest BCUT2D eigenvalue weighted by molar-refractivity contribution is 5.37. The Morgan fingerprint density at radius 3 is 3.05 bits per heavy atom. The van der Waals surface area contributed by atoms with Gasteiger partial charge in [-0.15, -0.1) is 0 Å². The molecule has 2 aliphatic rings. The standard InChI is InChI=1S/C18H28N2O/c1-3-9-19-18-16-8-5-4-7-15(16)12-17(18)20-10-6-11-21-14(2)13-20/h4-5,7-8,14,17-19H,3,6,9-13H2,1-2H3. The number of rotatable bonds is 4. The molecule has 0 saturated carbocycles. The first kappa shape index (κ1) is 15.0. The van der Waals surface area contributed by atoms with Crippen molar-refractivity contribution in [3.05, 3.63) is 35.4 Å². The molecular weight excluding hydrogens is 260 g/mol. The lowest BCUT2D eigenvalue weighted by Crippen LogP contribution is -2.45. The molecule has 116 valence electrons. The van der Waals surface area contributed by atoms with E-state index >= 15 is 0 Å². The Balaban J connectivity index is 1.80. The molecule has 1 aliphatic carbocycles. The van der Waals surface area contributed by atoms with Crippen LogP contribution in [0, 0.1) is 0 Å². The molecule has 1 aromatic carbocycles. The lowest BCUT2D eigenvalue weighted by molar-refractivity contribution is 0.0575. The Bertz CT molecular complexity index is 462. The van der Waals surface area contributed by atoms with Gasteiger partial charge in [-0.1, -0.05) is 31.2 Å². The Kier molecular flexibility index (Phi) is 4.94. The molecule has 1 aromatic rings. The number of fused-ring (bicyclic) bond motifs is 1. The van der Waals surface area contributed by atoms with Gasteiger partial charge >= 0.3 is 0 Å². The maximum atomic E-state index is 5.82. The van der Waals surface area contributed by atoms with Crippen molar-refractivity contribution in [3.63, 3.8) is 0 Å². The number of nitrogens with zero attached hydrogens (tertiary/aromatic N) is 1. The molecule has 0 bridgehead atoms. The zero-order valence-electron chi connectivity index (χ0n) is 13.3. The van der Waals surface area contributed by atoms with Crippen LogP contribution < -0.4 is 5.32 Å². The maximum Gasteiger partial charge on any atom is 0.0674 e. The largest absolute Gasteiger partial charge is 0.377 e. The SMILES string of the molecule is CCCNC1c2ccccc2CC1N1CCCOC(C)C1. The van der Waals surface area contributed by atoms with Crippen LogP contribution in [0.4, 0.5) is 0 Å². The third-order valence-electron chi connectivity index (χ3n) is 4.77. The van der Waals surface area contributed by atoms with Crippen molar-refractivity contribution in [1.82, 2.24) is 10.2 Å². The number of nitrogens with one attached hydrogen (secondary N) is 1. The Hall–Kier alpha value is -0.900. The monoisotopic (exact) mass is 288 g/mol. The summed E-state index contributed by atoms with van der Waals surface area (Å²) in [6, 6.07) is 10.0. The fraction of sp³-hybridized carbons (Fsp3) is 0.667. The second kappa shape index (κ2) is 6.91. The lowest BCUT2D eigenvalue weighted by atomic mass is 10.1. The van der Waals surface area contributed by atoms with E-state index in [1.54, 1.807) is 0 Å². The van der Waals surface area contributed by atoms with Gasteiger partial charge in [-0.25, -0.2) is 0 Å². The molecule has 3 heteroatoms. The van der Waals surface area contributed by atoms with Crippen LogP contribution in [0.15, 0.2) is 24.3 Å². The fourth-order valence-corrected chi connectivity index (χ4v) is 3.79. The van der Waals surface area contributed by atoms with Gasteiger partial charge in [-0.05, 0) is 43.9 Å². The van der Waals surface area contributed by atoms with Gasteiger partial charge in [0.2, 0.25) is 0 Å². The minimum absolute atomic E-state index is 0.350. The number of hydrogen-bond acceptors (Lipinski definition) is 3. The van der Waals surface area contributed by atoms with Gasteiger partial charge in [0, 0.05) is 31.8 Å². The second-order valence-electron chi connectivity index (χ2n) is 6.43. The van der Waals surface area contributed by atoms with Crippen LogP contribution in [0.3, 0.4) is 0 Å². The zero-order chi connectivity index (χ0) is 14.7. The number of hydrogen-bond donors (Lipinski definition) is 1. The molecule has 3 nitrogen and oxygen atoms in total. The predicted octanol–water partition coefficient (Wildman–Crippen LogP) is 2.76. The van der Waals surface area contributed by atoms with E-state index in [9.17, 15) is 0 Å². The summed E-state index contributed by atoms with van der Waals surface area (Å²) in [4.78, 5) is 2.66. The fourth-order valence-electron chi connectivity index (χ4n) is 3.79. The highest BCUT2D eigenvalue weighted by atomic mass is 16.5. The van der Waals surface area contributed by atoms with E-state index in [0.717, 1.165) is 32.7 Å². The van der Waals surface area contributed by atoms with Crippen molar-refractivity contribution in [3.8, 4) is 0 Å². The molecular formula is C18H28N2O. The van der Waals surface area contributed by atoms with Crippen LogP contribution in [0.2, 0.25) is 0 Å². The highest BCUT2D eigenvalue weighted by Crippen LogP contribution is 2.35. The minimum Gasteiger partial charge on any atom is -0.377 e. The van der Waals surface area contributed by atoms with E-state index in [1.165, 1.54) is 24.0 Å². The molecule has 3 atom stereocenters. The van der Waals surface area contributed by atoms with Crippen molar-refractivity contribution < 1.29 is 4.74 Å². The second-order valence-corrected chi connectivity index (χ2v) is 6.43. The topological polar surface area (TPSA) is 24.5 Å². The van der Waals surface area contributed by atoms with Crippen LogP contribution >= 0.6 is 0 Å². The molecule has 3 unspecified atom stereocenters. The van der Waals surface area contributed by atoms with Crippen LogP contribution in [0.1, 0.15) is 43.9 Å². The molecule has 0 aromatic heterocycles. The smallest absolute Gasteiger partial charge is 0.0674 e. The van der Waals surface area contributed by atoms with Crippen molar-refractivity contribution in [2.45, 2.75) is 51.3 Å². The summed E-state index contributed by atoms with van der Waals surface area (Å²) in [5.74, 6) is 0. The Morgan fingerprint density at radius 2 is 2.19 bits per heavy atom. The van der Waals surface area contributed by atoms with Crippen molar-refractivity contribution in [1.29, 1.82) is 0 Å². The van der Waals surface area contributed by atoms with E-state index in [4.69, 9.17) is 4.74 Å². The first-order chi connectivity index (χ1) is 10.3. The van der Waals surface area contributed by atoms with Crippen LogP contribution in [0.25, 0.3) is 0 Å². The summed E-state index contributed by atoms with van der Waals surface area (Å²) >= 11 is 0. The summed E-state index contributed by atoms with van der Waals surface area (Å²) in [7, 11) is 0. The molecule has 0 amide bonds. The third kappa shape index (κ3) is 3.31. The molecule has 1 saturated heterocycles. The zero-order valence-corrected chi connectivity index (χ0v) is 13.3.